The summed E-state index contributed by atoms with van der Waals surface area (Å²) in [4.78, 5) is 0. The van der Waals surface area contributed by atoms with Crippen molar-refractivity contribution in [2.45, 2.75) is 13.5 Å². The van der Waals surface area contributed by atoms with Gasteiger partial charge in [0.05, 0.1) is 6.20 Å². The number of aromatic amines is 1. The zero-order chi connectivity index (χ0) is 9.97. The Kier molecular flexibility index (Phi) is 2.33. The second-order valence-corrected chi connectivity index (χ2v) is 3.31. The predicted molar refractivity (Wildman–Crippen MR) is 56.7 cm³/mol. The number of nitrogens with zero attached hydrogens (tertiary/aromatic N) is 1. The monoisotopic (exact) mass is 187 g/mol. The minimum absolute atomic E-state index is 0.574. The van der Waals surface area contributed by atoms with Crippen molar-refractivity contribution in [3.05, 3.63) is 41.7 Å². The largest absolute Gasteiger partial charge is 0.326 e. The standard InChI is InChI=1S/C11H13N3/c1-8-11(7-13-14-8)10-4-2-3-9(5-10)6-12/h2-5,7H,6,12H2,1H3,(H,13,14). The number of rotatable bonds is 2. The van der Waals surface area contributed by atoms with Crippen LogP contribution < -0.4 is 5.73 Å². The van der Waals surface area contributed by atoms with Gasteiger partial charge < -0.3 is 5.73 Å². The van der Waals surface area contributed by atoms with Gasteiger partial charge in [-0.05, 0) is 24.1 Å². The summed E-state index contributed by atoms with van der Waals surface area (Å²) in [7, 11) is 0. The quantitative estimate of drug-likeness (QED) is 0.753. The molecule has 0 aliphatic rings. The molecular weight excluding hydrogens is 174 g/mol. The van der Waals surface area contributed by atoms with Crippen LogP contribution in [0.5, 0.6) is 0 Å². The van der Waals surface area contributed by atoms with E-state index in [1.807, 2.05) is 25.3 Å². The third kappa shape index (κ3) is 1.54. The van der Waals surface area contributed by atoms with Crippen LogP contribution in [-0.2, 0) is 6.54 Å². The number of hydrogen-bond acceptors (Lipinski definition) is 2. The van der Waals surface area contributed by atoms with Crippen molar-refractivity contribution < 1.29 is 0 Å². The maximum atomic E-state index is 5.59. The Morgan fingerprint density at radius 3 is 2.93 bits per heavy atom. The Morgan fingerprint density at radius 2 is 2.29 bits per heavy atom. The smallest absolute Gasteiger partial charge is 0.0568 e. The molecule has 0 unspecified atom stereocenters. The van der Waals surface area contributed by atoms with Gasteiger partial charge in [0.25, 0.3) is 0 Å². The molecule has 3 nitrogen and oxygen atoms in total. The highest BCUT2D eigenvalue weighted by atomic mass is 15.1. The molecule has 0 aliphatic heterocycles. The fourth-order valence-electron chi connectivity index (χ4n) is 1.51. The van der Waals surface area contributed by atoms with Gasteiger partial charge in [0, 0.05) is 17.8 Å². The van der Waals surface area contributed by atoms with Crippen molar-refractivity contribution in [1.82, 2.24) is 10.2 Å². The Bertz CT molecular complexity index is 432. The first-order valence-corrected chi connectivity index (χ1v) is 4.60. The lowest BCUT2D eigenvalue weighted by molar-refractivity contribution is 1.05. The van der Waals surface area contributed by atoms with Gasteiger partial charge in [-0.25, -0.2) is 0 Å². The van der Waals surface area contributed by atoms with Crippen LogP contribution in [0.1, 0.15) is 11.3 Å². The molecule has 0 radical (unpaired) electrons. The molecule has 0 aliphatic carbocycles. The van der Waals surface area contributed by atoms with Crippen molar-refractivity contribution in [2.24, 2.45) is 5.73 Å². The van der Waals surface area contributed by atoms with Gasteiger partial charge in [-0.1, -0.05) is 18.2 Å². The number of nitrogens with one attached hydrogen (secondary N) is 1. The molecule has 72 valence electrons. The fraction of sp³-hybridized carbons (Fsp3) is 0.182. The lowest BCUT2D eigenvalue weighted by atomic mass is 10.0. The molecule has 2 aromatic rings. The van der Waals surface area contributed by atoms with Gasteiger partial charge in [0.2, 0.25) is 0 Å². The van der Waals surface area contributed by atoms with Crippen LogP contribution in [0, 0.1) is 6.92 Å². The van der Waals surface area contributed by atoms with E-state index in [1.54, 1.807) is 0 Å². The van der Waals surface area contributed by atoms with Gasteiger partial charge >= 0.3 is 0 Å². The highest BCUT2D eigenvalue weighted by Crippen LogP contribution is 2.21. The number of benzene rings is 1. The van der Waals surface area contributed by atoms with Crippen molar-refractivity contribution in [1.29, 1.82) is 0 Å². The van der Waals surface area contributed by atoms with E-state index in [1.165, 1.54) is 5.56 Å². The summed E-state index contributed by atoms with van der Waals surface area (Å²) in [5, 5.41) is 6.92. The maximum Gasteiger partial charge on any atom is 0.0568 e. The molecule has 0 spiro atoms. The highest BCUT2D eigenvalue weighted by molar-refractivity contribution is 5.65. The van der Waals surface area contributed by atoms with E-state index in [0.717, 1.165) is 16.8 Å². The average molecular weight is 187 g/mol. The van der Waals surface area contributed by atoms with Crippen molar-refractivity contribution in [3.8, 4) is 11.1 Å². The van der Waals surface area contributed by atoms with Crippen molar-refractivity contribution in [3.63, 3.8) is 0 Å². The van der Waals surface area contributed by atoms with Crippen molar-refractivity contribution >= 4 is 0 Å². The Morgan fingerprint density at radius 1 is 1.43 bits per heavy atom. The van der Waals surface area contributed by atoms with E-state index < -0.39 is 0 Å². The van der Waals surface area contributed by atoms with Gasteiger partial charge in [0.1, 0.15) is 0 Å². The molecule has 1 aromatic carbocycles. The molecule has 0 bridgehead atoms. The molecule has 3 heteroatoms. The van der Waals surface area contributed by atoms with Gasteiger partial charge in [0.15, 0.2) is 0 Å². The minimum atomic E-state index is 0.574. The van der Waals surface area contributed by atoms with E-state index in [4.69, 9.17) is 5.73 Å². The van der Waals surface area contributed by atoms with Crippen LogP contribution in [0.3, 0.4) is 0 Å². The van der Waals surface area contributed by atoms with Gasteiger partial charge in [-0.15, -0.1) is 0 Å². The topological polar surface area (TPSA) is 54.7 Å². The third-order valence-corrected chi connectivity index (χ3v) is 2.30. The van der Waals surface area contributed by atoms with Crippen LogP contribution in [0.2, 0.25) is 0 Å². The maximum absolute atomic E-state index is 5.59. The molecule has 0 saturated heterocycles. The number of aryl methyl sites for hydroxylation is 1. The minimum Gasteiger partial charge on any atom is -0.326 e. The summed E-state index contributed by atoms with van der Waals surface area (Å²) in [5.74, 6) is 0. The molecule has 0 saturated carbocycles. The van der Waals surface area contributed by atoms with E-state index in [-0.39, 0.29) is 0 Å². The first-order valence-electron chi connectivity index (χ1n) is 4.60. The van der Waals surface area contributed by atoms with E-state index in [9.17, 15) is 0 Å². The summed E-state index contributed by atoms with van der Waals surface area (Å²) in [6.07, 6.45) is 1.84. The van der Waals surface area contributed by atoms with E-state index in [0.29, 0.717) is 6.54 Å². The molecule has 2 rings (SSSR count). The lowest BCUT2D eigenvalue weighted by Crippen LogP contribution is -1.95. The van der Waals surface area contributed by atoms with E-state index >= 15 is 0 Å². The van der Waals surface area contributed by atoms with Crippen LogP contribution in [0.15, 0.2) is 30.5 Å². The van der Waals surface area contributed by atoms with Crippen LogP contribution in [-0.4, -0.2) is 10.2 Å². The lowest BCUT2D eigenvalue weighted by Gasteiger charge is -2.01. The molecule has 1 heterocycles. The zero-order valence-corrected chi connectivity index (χ0v) is 8.12. The molecule has 14 heavy (non-hydrogen) atoms. The first-order chi connectivity index (χ1) is 6.81. The van der Waals surface area contributed by atoms with Crippen molar-refractivity contribution in [2.75, 3.05) is 0 Å². The number of aromatic nitrogens is 2. The van der Waals surface area contributed by atoms with Crippen LogP contribution in [0.4, 0.5) is 0 Å². The third-order valence-electron chi connectivity index (χ3n) is 2.30. The summed E-state index contributed by atoms with van der Waals surface area (Å²) in [5.41, 5.74) is 10.1. The molecule has 3 N–H and O–H groups in total. The summed E-state index contributed by atoms with van der Waals surface area (Å²) < 4.78 is 0. The molecule has 0 atom stereocenters. The molecule has 1 aromatic heterocycles. The highest BCUT2D eigenvalue weighted by Gasteiger charge is 2.03. The summed E-state index contributed by atoms with van der Waals surface area (Å²) in [6, 6.07) is 8.21. The molecule has 0 amide bonds. The van der Waals surface area contributed by atoms with E-state index in [2.05, 4.69) is 22.3 Å². The normalized spacial score (nSPS) is 10.4. The summed E-state index contributed by atoms with van der Waals surface area (Å²) >= 11 is 0. The Balaban J connectivity index is 2.47. The SMILES string of the molecule is Cc1[nH]ncc1-c1cccc(CN)c1. The average Bonchev–Trinajstić information content (AvgIpc) is 2.65. The van der Waals surface area contributed by atoms with Gasteiger partial charge in [-0.2, -0.15) is 5.10 Å². The molecule has 0 fully saturated rings. The fourth-order valence-corrected chi connectivity index (χ4v) is 1.51. The predicted octanol–water partition coefficient (Wildman–Crippen LogP) is 1.84. The number of nitrogens with two attached hydrogens (primary N) is 1. The first kappa shape index (κ1) is 8.97. The Hall–Kier alpha value is -1.61. The van der Waals surface area contributed by atoms with Gasteiger partial charge in [-0.3, -0.25) is 5.10 Å². The van der Waals surface area contributed by atoms with Crippen LogP contribution >= 0.6 is 0 Å². The second kappa shape index (κ2) is 3.64. The Labute approximate surface area is 83.0 Å². The number of hydrogen-bond donors (Lipinski definition) is 2. The zero-order valence-electron chi connectivity index (χ0n) is 8.12. The number of H-pyrrole nitrogens is 1. The molecular formula is C11H13N3. The second-order valence-electron chi connectivity index (χ2n) is 3.31. The summed E-state index contributed by atoms with van der Waals surface area (Å²) in [6.45, 7) is 2.59. The van der Waals surface area contributed by atoms with Crippen LogP contribution in [0.25, 0.3) is 11.1 Å².